The second-order valence-electron chi connectivity index (χ2n) is 5.94. The van der Waals surface area contributed by atoms with Crippen LogP contribution in [0.1, 0.15) is 12.0 Å². The molecule has 2 heterocycles. The first kappa shape index (κ1) is 15.5. The molecule has 2 atom stereocenters. The van der Waals surface area contributed by atoms with Gasteiger partial charge in [0, 0.05) is 19.5 Å². The Balaban J connectivity index is 1.75. The van der Waals surface area contributed by atoms with Gasteiger partial charge in [-0.3, -0.25) is 19.8 Å². The van der Waals surface area contributed by atoms with E-state index in [9.17, 15) is 14.4 Å². The summed E-state index contributed by atoms with van der Waals surface area (Å²) < 4.78 is 4.86. The lowest BCUT2D eigenvalue weighted by molar-refractivity contribution is -0.145. The SMILES string of the molecule is COC(=O)[C@@H]1C[C@@]2(CN1CCc1ccccc1)NC(=O)NC2=O. The summed E-state index contributed by atoms with van der Waals surface area (Å²) in [7, 11) is 1.33. The topological polar surface area (TPSA) is 87.7 Å². The number of rotatable bonds is 4. The van der Waals surface area contributed by atoms with Crippen LogP contribution in [0.4, 0.5) is 4.79 Å². The number of ether oxygens (including phenoxy) is 1. The summed E-state index contributed by atoms with van der Waals surface area (Å²) in [6, 6.07) is 8.86. The highest BCUT2D eigenvalue weighted by atomic mass is 16.5. The molecular formula is C16H19N3O4. The van der Waals surface area contributed by atoms with Crippen LogP contribution in [0.2, 0.25) is 0 Å². The summed E-state index contributed by atoms with van der Waals surface area (Å²) >= 11 is 0. The molecule has 0 radical (unpaired) electrons. The van der Waals surface area contributed by atoms with Gasteiger partial charge in [0.2, 0.25) is 0 Å². The molecule has 2 N–H and O–H groups in total. The van der Waals surface area contributed by atoms with Gasteiger partial charge in [-0.05, 0) is 12.0 Å². The van der Waals surface area contributed by atoms with Crippen LogP contribution in [0, 0.1) is 0 Å². The molecule has 2 saturated heterocycles. The molecule has 23 heavy (non-hydrogen) atoms. The fourth-order valence-corrected chi connectivity index (χ4v) is 3.28. The van der Waals surface area contributed by atoms with Gasteiger partial charge in [0.25, 0.3) is 5.91 Å². The van der Waals surface area contributed by atoms with E-state index in [4.69, 9.17) is 4.74 Å². The predicted octanol–water partition coefficient (Wildman–Crippen LogP) is 0.0546. The molecule has 2 aliphatic rings. The first-order valence-corrected chi connectivity index (χ1v) is 7.53. The second-order valence-corrected chi connectivity index (χ2v) is 5.94. The van der Waals surface area contributed by atoms with Crippen molar-refractivity contribution in [3.8, 4) is 0 Å². The van der Waals surface area contributed by atoms with Crippen LogP contribution in [0.15, 0.2) is 30.3 Å². The van der Waals surface area contributed by atoms with E-state index in [1.54, 1.807) is 0 Å². The maximum Gasteiger partial charge on any atom is 0.323 e. The van der Waals surface area contributed by atoms with Crippen molar-refractivity contribution in [1.29, 1.82) is 0 Å². The normalized spacial score (nSPS) is 27.1. The lowest BCUT2D eigenvalue weighted by Gasteiger charge is -2.22. The van der Waals surface area contributed by atoms with Gasteiger partial charge in [-0.1, -0.05) is 30.3 Å². The van der Waals surface area contributed by atoms with E-state index in [2.05, 4.69) is 10.6 Å². The molecule has 0 bridgehead atoms. The maximum absolute atomic E-state index is 12.1. The van der Waals surface area contributed by atoms with E-state index in [0.717, 1.165) is 12.0 Å². The minimum absolute atomic E-state index is 0.228. The number of amides is 3. The maximum atomic E-state index is 12.1. The van der Waals surface area contributed by atoms with Crippen LogP contribution in [0.25, 0.3) is 0 Å². The van der Waals surface area contributed by atoms with E-state index < -0.39 is 17.6 Å². The zero-order valence-corrected chi connectivity index (χ0v) is 12.9. The molecule has 1 aromatic rings. The van der Waals surface area contributed by atoms with Gasteiger partial charge in [-0.25, -0.2) is 4.79 Å². The zero-order chi connectivity index (χ0) is 16.4. The van der Waals surface area contributed by atoms with Crippen LogP contribution in [-0.4, -0.2) is 54.6 Å². The number of nitrogens with one attached hydrogen (secondary N) is 2. The van der Waals surface area contributed by atoms with Gasteiger partial charge >= 0.3 is 12.0 Å². The van der Waals surface area contributed by atoms with Crippen LogP contribution in [0.5, 0.6) is 0 Å². The highest BCUT2D eigenvalue weighted by Gasteiger charge is 2.56. The number of esters is 1. The number of carbonyl (C=O) groups is 3. The molecule has 1 aromatic carbocycles. The Hall–Kier alpha value is -2.41. The van der Waals surface area contributed by atoms with Crippen molar-refractivity contribution in [3.05, 3.63) is 35.9 Å². The Morgan fingerprint density at radius 1 is 1.35 bits per heavy atom. The molecule has 122 valence electrons. The fourth-order valence-electron chi connectivity index (χ4n) is 3.28. The number of hydrogen-bond donors (Lipinski definition) is 2. The number of benzene rings is 1. The predicted molar refractivity (Wildman–Crippen MR) is 81.5 cm³/mol. The lowest BCUT2D eigenvalue weighted by atomic mass is 9.96. The Morgan fingerprint density at radius 2 is 2.09 bits per heavy atom. The highest BCUT2D eigenvalue weighted by Crippen LogP contribution is 2.30. The smallest absolute Gasteiger partial charge is 0.323 e. The van der Waals surface area contributed by atoms with Crippen molar-refractivity contribution in [2.45, 2.75) is 24.4 Å². The number of carbonyl (C=O) groups excluding carboxylic acids is 3. The molecule has 7 nitrogen and oxygen atoms in total. The van der Waals surface area contributed by atoms with Crippen molar-refractivity contribution in [2.75, 3.05) is 20.2 Å². The van der Waals surface area contributed by atoms with Gasteiger partial charge in [-0.15, -0.1) is 0 Å². The summed E-state index contributed by atoms with van der Waals surface area (Å²) in [5, 5.41) is 4.92. The molecule has 0 aromatic heterocycles. The average Bonchev–Trinajstić information content (AvgIpc) is 3.05. The highest BCUT2D eigenvalue weighted by molar-refractivity contribution is 6.07. The van der Waals surface area contributed by atoms with Gasteiger partial charge in [-0.2, -0.15) is 0 Å². The number of urea groups is 1. The molecule has 2 fully saturated rings. The Bertz CT molecular complexity index is 633. The van der Waals surface area contributed by atoms with Crippen LogP contribution < -0.4 is 10.6 Å². The fraction of sp³-hybridized carbons (Fsp3) is 0.438. The Morgan fingerprint density at radius 3 is 2.70 bits per heavy atom. The van der Waals surface area contributed by atoms with Crippen LogP contribution in [-0.2, 0) is 20.7 Å². The van der Waals surface area contributed by atoms with Crippen molar-refractivity contribution in [3.63, 3.8) is 0 Å². The molecule has 2 aliphatic heterocycles. The monoisotopic (exact) mass is 317 g/mol. The Labute approximate surface area is 134 Å². The van der Waals surface area contributed by atoms with E-state index in [1.807, 2.05) is 35.2 Å². The summed E-state index contributed by atoms with van der Waals surface area (Å²) in [5.41, 5.74) is 0.115. The first-order valence-electron chi connectivity index (χ1n) is 7.53. The van der Waals surface area contributed by atoms with Crippen LogP contribution >= 0.6 is 0 Å². The van der Waals surface area contributed by atoms with Gasteiger partial charge in [0.15, 0.2) is 0 Å². The van der Waals surface area contributed by atoms with Gasteiger partial charge in [0.05, 0.1) is 7.11 Å². The summed E-state index contributed by atoms with van der Waals surface area (Å²) in [6.07, 6.45) is 0.978. The molecule has 3 amide bonds. The largest absolute Gasteiger partial charge is 0.468 e. The van der Waals surface area contributed by atoms with Crippen molar-refractivity contribution >= 4 is 17.9 Å². The molecule has 0 unspecified atom stereocenters. The first-order chi connectivity index (χ1) is 11.0. The van der Waals surface area contributed by atoms with E-state index in [0.29, 0.717) is 13.1 Å². The zero-order valence-electron chi connectivity index (χ0n) is 12.9. The minimum Gasteiger partial charge on any atom is -0.468 e. The van der Waals surface area contributed by atoms with E-state index >= 15 is 0 Å². The summed E-state index contributed by atoms with van der Waals surface area (Å²) in [6.45, 7) is 0.909. The molecule has 1 spiro atoms. The summed E-state index contributed by atoms with van der Waals surface area (Å²) in [4.78, 5) is 37.5. The molecule has 0 saturated carbocycles. The number of methoxy groups -OCH3 is 1. The quantitative estimate of drug-likeness (QED) is 0.605. The standard InChI is InChI=1S/C16H19N3O4/c1-23-13(20)12-9-16(14(21)17-15(22)18-16)10-19(12)8-7-11-5-3-2-4-6-11/h2-6,12H,7-10H2,1H3,(H2,17,18,21,22)/t12-,16-/m0/s1. The van der Waals surface area contributed by atoms with Gasteiger partial charge < -0.3 is 10.1 Å². The third-order valence-corrected chi connectivity index (χ3v) is 4.47. The van der Waals surface area contributed by atoms with E-state index in [-0.39, 0.29) is 18.3 Å². The summed E-state index contributed by atoms with van der Waals surface area (Å²) in [5.74, 6) is -0.762. The second kappa shape index (κ2) is 6.00. The lowest BCUT2D eigenvalue weighted by Crippen LogP contribution is -2.49. The Kier molecular flexibility index (Phi) is 4.04. The van der Waals surface area contributed by atoms with E-state index in [1.165, 1.54) is 7.11 Å². The molecule has 7 heteroatoms. The van der Waals surface area contributed by atoms with Crippen molar-refractivity contribution in [2.24, 2.45) is 0 Å². The van der Waals surface area contributed by atoms with Gasteiger partial charge in [0.1, 0.15) is 11.6 Å². The number of likely N-dealkylation sites (tertiary alicyclic amines) is 1. The minimum atomic E-state index is -1.04. The number of nitrogens with zero attached hydrogens (tertiary/aromatic N) is 1. The third kappa shape index (κ3) is 2.92. The number of imide groups is 1. The van der Waals surface area contributed by atoms with Crippen molar-refractivity contribution < 1.29 is 19.1 Å². The average molecular weight is 317 g/mol. The third-order valence-electron chi connectivity index (χ3n) is 4.47. The molecule has 3 rings (SSSR count). The molecule has 0 aliphatic carbocycles. The van der Waals surface area contributed by atoms with Crippen molar-refractivity contribution in [1.82, 2.24) is 15.5 Å². The number of hydrogen-bond acceptors (Lipinski definition) is 5. The van der Waals surface area contributed by atoms with Crippen LogP contribution in [0.3, 0.4) is 0 Å². The molecular weight excluding hydrogens is 298 g/mol.